The molecule has 8 nitrogen and oxygen atoms in total. The molecular weight excluding hydrogens is 487 g/mol. The summed E-state index contributed by atoms with van der Waals surface area (Å²) in [6, 6.07) is 10.6. The zero-order valence-corrected chi connectivity index (χ0v) is 22.2. The third kappa shape index (κ3) is 5.82. The number of ether oxygens (including phenoxy) is 1. The number of aromatic nitrogens is 1. The van der Waals surface area contributed by atoms with Crippen molar-refractivity contribution >= 4 is 23.5 Å². The Hall–Kier alpha value is -4.27. The summed E-state index contributed by atoms with van der Waals surface area (Å²) >= 11 is 0. The number of halogens is 1. The molecule has 198 valence electrons. The first-order valence-electron chi connectivity index (χ1n) is 12.4. The highest BCUT2D eigenvalue weighted by Crippen LogP contribution is 2.34. The van der Waals surface area contributed by atoms with Gasteiger partial charge in [0.25, 0.3) is 17.7 Å². The number of nitrogens with one attached hydrogen (secondary N) is 1. The standard InChI is InChI=1S/C29H31FN4O4/c1-17(2)16-34-11-10-21-23(29(34)37)12-19(27(35)32-26-9-6-18(3)15-31-26)13-25(21)38-20-7-8-22(24(30)14-20)28(36)33(4)5/h6-9,12-15,17H,10-11,16H2,1-5H3,(H,31,32,35). The van der Waals surface area contributed by atoms with Crippen LogP contribution >= 0.6 is 0 Å². The minimum atomic E-state index is -0.728. The molecule has 1 aliphatic heterocycles. The summed E-state index contributed by atoms with van der Waals surface area (Å²) in [5, 5.41) is 2.75. The number of carbonyl (C=O) groups is 3. The molecule has 0 aliphatic carbocycles. The molecular formula is C29H31FN4O4. The van der Waals surface area contributed by atoms with Crippen LogP contribution < -0.4 is 10.1 Å². The second-order valence-corrected chi connectivity index (χ2v) is 10.0. The highest BCUT2D eigenvalue weighted by Gasteiger charge is 2.29. The number of hydrogen-bond donors (Lipinski definition) is 1. The summed E-state index contributed by atoms with van der Waals surface area (Å²) < 4.78 is 20.8. The SMILES string of the molecule is Cc1ccc(NC(=O)c2cc(Oc3ccc(C(=O)N(C)C)c(F)c3)c3c(c2)C(=O)N(CC(C)C)CC3)nc1. The predicted octanol–water partition coefficient (Wildman–Crippen LogP) is 4.93. The van der Waals surface area contributed by atoms with Gasteiger partial charge in [-0.3, -0.25) is 14.4 Å². The van der Waals surface area contributed by atoms with E-state index < -0.39 is 17.6 Å². The number of nitrogens with zero attached hydrogens (tertiary/aromatic N) is 3. The molecule has 9 heteroatoms. The Morgan fingerprint density at radius 2 is 1.92 bits per heavy atom. The highest BCUT2D eigenvalue weighted by atomic mass is 19.1. The van der Waals surface area contributed by atoms with E-state index >= 15 is 0 Å². The van der Waals surface area contributed by atoms with Gasteiger partial charge in [-0.05, 0) is 55.2 Å². The van der Waals surface area contributed by atoms with E-state index in [-0.39, 0.29) is 34.5 Å². The largest absolute Gasteiger partial charge is 0.457 e. The lowest BCUT2D eigenvalue weighted by molar-refractivity contribution is 0.0718. The van der Waals surface area contributed by atoms with E-state index in [0.717, 1.165) is 11.6 Å². The minimum absolute atomic E-state index is 0.0809. The van der Waals surface area contributed by atoms with Crippen LogP contribution in [0.5, 0.6) is 11.5 Å². The lowest BCUT2D eigenvalue weighted by Crippen LogP contribution is -2.40. The summed E-state index contributed by atoms with van der Waals surface area (Å²) in [6.45, 7) is 7.06. The Balaban J connectivity index is 1.71. The minimum Gasteiger partial charge on any atom is -0.457 e. The zero-order chi connectivity index (χ0) is 27.6. The van der Waals surface area contributed by atoms with Crippen molar-refractivity contribution in [2.24, 2.45) is 5.92 Å². The van der Waals surface area contributed by atoms with Crippen molar-refractivity contribution in [1.29, 1.82) is 0 Å². The third-order valence-electron chi connectivity index (χ3n) is 6.16. The van der Waals surface area contributed by atoms with Crippen LogP contribution in [0, 0.1) is 18.7 Å². The normalized spacial score (nSPS) is 12.8. The van der Waals surface area contributed by atoms with Gasteiger partial charge >= 0.3 is 0 Å². The number of pyridine rings is 1. The predicted molar refractivity (Wildman–Crippen MR) is 142 cm³/mol. The molecule has 2 aromatic carbocycles. The lowest BCUT2D eigenvalue weighted by Gasteiger charge is -2.31. The Labute approximate surface area is 221 Å². The van der Waals surface area contributed by atoms with E-state index in [0.29, 0.717) is 36.5 Å². The third-order valence-corrected chi connectivity index (χ3v) is 6.16. The van der Waals surface area contributed by atoms with Crippen LogP contribution in [-0.2, 0) is 6.42 Å². The summed E-state index contributed by atoms with van der Waals surface area (Å²) in [6.07, 6.45) is 2.16. The Morgan fingerprint density at radius 3 is 2.55 bits per heavy atom. The van der Waals surface area contributed by atoms with Crippen LogP contribution in [0.25, 0.3) is 0 Å². The van der Waals surface area contributed by atoms with Crippen molar-refractivity contribution in [2.45, 2.75) is 27.2 Å². The summed E-state index contributed by atoms with van der Waals surface area (Å²) in [5.74, 6) is -0.757. The van der Waals surface area contributed by atoms with Crippen LogP contribution in [0.2, 0.25) is 0 Å². The molecule has 0 fully saturated rings. The van der Waals surface area contributed by atoms with Gasteiger partial charge in [0.2, 0.25) is 0 Å². The van der Waals surface area contributed by atoms with Crippen molar-refractivity contribution in [3.63, 3.8) is 0 Å². The fourth-order valence-corrected chi connectivity index (χ4v) is 4.28. The molecule has 2 heterocycles. The van der Waals surface area contributed by atoms with Gasteiger partial charge in [-0.15, -0.1) is 0 Å². The van der Waals surface area contributed by atoms with Gasteiger partial charge in [-0.2, -0.15) is 0 Å². The van der Waals surface area contributed by atoms with Crippen LogP contribution in [0.4, 0.5) is 10.2 Å². The number of aryl methyl sites for hydroxylation is 1. The van der Waals surface area contributed by atoms with Crippen molar-refractivity contribution in [3.8, 4) is 11.5 Å². The molecule has 0 unspecified atom stereocenters. The molecule has 3 amide bonds. The van der Waals surface area contributed by atoms with Gasteiger partial charge in [-0.25, -0.2) is 9.37 Å². The smallest absolute Gasteiger partial charge is 0.256 e. The first kappa shape index (κ1) is 26.8. The van der Waals surface area contributed by atoms with E-state index in [1.54, 1.807) is 43.4 Å². The molecule has 38 heavy (non-hydrogen) atoms. The number of rotatable bonds is 7. The summed E-state index contributed by atoms with van der Waals surface area (Å²) in [5.41, 5.74) is 2.10. The van der Waals surface area contributed by atoms with Gasteiger partial charge < -0.3 is 19.9 Å². The molecule has 4 rings (SSSR count). The highest BCUT2D eigenvalue weighted by molar-refractivity contribution is 6.07. The fraction of sp³-hybridized carbons (Fsp3) is 0.310. The Morgan fingerprint density at radius 1 is 1.16 bits per heavy atom. The van der Waals surface area contributed by atoms with E-state index in [2.05, 4.69) is 10.3 Å². The molecule has 0 saturated heterocycles. The van der Waals surface area contributed by atoms with Crippen molar-refractivity contribution < 1.29 is 23.5 Å². The first-order valence-corrected chi connectivity index (χ1v) is 12.4. The number of amides is 3. The maximum absolute atomic E-state index is 14.8. The topological polar surface area (TPSA) is 91.8 Å². The number of benzene rings is 2. The van der Waals surface area contributed by atoms with Gasteiger partial charge in [0.05, 0.1) is 5.56 Å². The monoisotopic (exact) mass is 518 g/mol. The average molecular weight is 519 g/mol. The maximum atomic E-state index is 14.8. The molecule has 0 saturated carbocycles. The van der Waals surface area contributed by atoms with Crippen molar-refractivity contribution in [3.05, 3.63) is 82.3 Å². The molecule has 0 bridgehead atoms. The molecule has 3 aromatic rings. The van der Waals surface area contributed by atoms with Crippen LogP contribution in [0.15, 0.2) is 48.7 Å². The van der Waals surface area contributed by atoms with Crippen molar-refractivity contribution in [1.82, 2.24) is 14.8 Å². The maximum Gasteiger partial charge on any atom is 0.256 e. The number of carbonyl (C=O) groups excluding carboxylic acids is 3. The zero-order valence-electron chi connectivity index (χ0n) is 22.2. The van der Waals surface area contributed by atoms with E-state index in [1.165, 1.54) is 17.0 Å². The number of hydrogen-bond acceptors (Lipinski definition) is 5. The summed E-state index contributed by atoms with van der Waals surface area (Å²) in [7, 11) is 3.08. The quantitative estimate of drug-likeness (QED) is 0.479. The molecule has 1 aliphatic rings. The molecule has 1 aromatic heterocycles. The fourth-order valence-electron chi connectivity index (χ4n) is 4.28. The van der Waals surface area contributed by atoms with Gasteiger partial charge in [0.15, 0.2) is 0 Å². The molecule has 1 N–H and O–H groups in total. The Kier molecular flexibility index (Phi) is 7.75. The second kappa shape index (κ2) is 11.0. The van der Waals surface area contributed by atoms with Crippen LogP contribution in [0.3, 0.4) is 0 Å². The van der Waals surface area contributed by atoms with Gasteiger partial charge in [0.1, 0.15) is 23.1 Å². The van der Waals surface area contributed by atoms with E-state index in [4.69, 9.17) is 4.74 Å². The van der Waals surface area contributed by atoms with E-state index in [1.807, 2.05) is 26.8 Å². The van der Waals surface area contributed by atoms with Gasteiger partial charge in [-0.1, -0.05) is 19.9 Å². The number of fused-ring (bicyclic) bond motifs is 1. The first-order chi connectivity index (χ1) is 18.0. The molecule has 0 spiro atoms. The van der Waals surface area contributed by atoms with Gasteiger partial charge in [0, 0.05) is 56.1 Å². The van der Waals surface area contributed by atoms with E-state index in [9.17, 15) is 18.8 Å². The summed E-state index contributed by atoms with van der Waals surface area (Å²) in [4.78, 5) is 46.0. The van der Waals surface area contributed by atoms with Crippen LogP contribution in [-0.4, -0.2) is 59.7 Å². The molecule has 0 radical (unpaired) electrons. The molecule has 0 atom stereocenters. The Bertz CT molecular complexity index is 1390. The average Bonchev–Trinajstić information content (AvgIpc) is 2.86. The second-order valence-electron chi connectivity index (χ2n) is 10.0. The van der Waals surface area contributed by atoms with Crippen LogP contribution in [0.1, 0.15) is 56.0 Å². The lowest BCUT2D eigenvalue weighted by atomic mass is 9.94. The van der Waals surface area contributed by atoms with Crippen molar-refractivity contribution in [2.75, 3.05) is 32.5 Å². The number of anilines is 1.